The highest BCUT2D eigenvalue weighted by Gasteiger charge is 2.18. The fraction of sp³-hybridized carbons (Fsp3) is 0.188. The Labute approximate surface area is 133 Å². The normalized spacial score (nSPS) is 10.0. The average molecular weight is 322 g/mol. The molecule has 0 saturated heterocycles. The van der Waals surface area contributed by atoms with Gasteiger partial charge in [-0.1, -0.05) is 17.7 Å². The number of amides is 1. The van der Waals surface area contributed by atoms with Crippen LogP contribution in [0.15, 0.2) is 36.4 Å². The summed E-state index contributed by atoms with van der Waals surface area (Å²) in [5.41, 5.74) is 0.864. The Morgan fingerprint density at radius 3 is 2.05 bits per heavy atom. The topological polar surface area (TPSA) is 56.8 Å². The van der Waals surface area contributed by atoms with E-state index in [2.05, 4.69) is 5.32 Å². The van der Waals surface area contributed by atoms with Gasteiger partial charge in [-0.25, -0.2) is 0 Å². The number of rotatable bonds is 5. The lowest BCUT2D eigenvalue weighted by atomic mass is 10.1. The number of hydrogen-bond acceptors (Lipinski definition) is 4. The predicted octanol–water partition coefficient (Wildman–Crippen LogP) is 3.62. The number of carbonyl (C=O) groups excluding carboxylic acids is 1. The molecule has 0 aliphatic carbocycles. The Bertz CT molecular complexity index is 666. The number of anilines is 1. The fourth-order valence-corrected chi connectivity index (χ4v) is 2.27. The molecule has 0 unspecified atom stereocenters. The van der Waals surface area contributed by atoms with E-state index in [1.165, 1.54) is 21.3 Å². The van der Waals surface area contributed by atoms with Crippen molar-refractivity contribution in [1.29, 1.82) is 0 Å². The number of halogens is 1. The van der Waals surface area contributed by atoms with E-state index in [9.17, 15) is 4.79 Å². The smallest absolute Gasteiger partial charge is 0.263 e. The van der Waals surface area contributed by atoms with E-state index < -0.39 is 0 Å². The Morgan fingerprint density at radius 1 is 0.955 bits per heavy atom. The van der Waals surface area contributed by atoms with E-state index in [1.54, 1.807) is 36.4 Å². The molecule has 0 aliphatic heterocycles. The van der Waals surface area contributed by atoms with Gasteiger partial charge in [-0.05, 0) is 30.3 Å². The molecule has 0 fully saturated rings. The molecule has 0 aliphatic rings. The van der Waals surface area contributed by atoms with Crippen molar-refractivity contribution in [1.82, 2.24) is 0 Å². The van der Waals surface area contributed by atoms with Crippen molar-refractivity contribution >= 4 is 23.2 Å². The van der Waals surface area contributed by atoms with Gasteiger partial charge in [0.05, 0.1) is 26.4 Å². The van der Waals surface area contributed by atoms with Crippen LogP contribution in [0.3, 0.4) is 0 Å². The van der Waals surface area contributed by atoms with E-state index >= 15 is 0 Å². The summed E-state index contributed by atoms with van der Waals surface area (Å²) in [6.07, 6.45) is 0. The van der Waals surface area contributed by atoms with Gasteiger partial charge in [0, 0.05) is 5.69 Å². The van der Waals surface area contributed by atoms with Gasteiger partial charge in [0.25, 0.3) is 5.91 Å². The summed E-state index contributed by atoms with van der Waals surface area (Å²) in [6.45, 7) is 0. The highest BCUT2D eigenvalue weighted by Crippen LogP contribution is 2.31. The van der Waals surface area contributed by atoms with Crippen LogP contribution < -0.4 is 19.5 Å². The molecule has 0 atom stereocenters. The highest BCUT2D eigenvalue weighted by atomic mass is 35.5. The zero-order chi connectivity index (χ0) is 16.1. The Morgan fingerprint density at radius 2 is 1.55 bits per heavy atom. The maximum Gasteiger partial charge on any atom is 0.263 e. The molecule has 116 valence electrons. The Hall–Kier alpha value is -2.40. The van der Waals surface area contributed by atoms with Gasteiger partial charge in [-0.2, -0.15) is 0 Å². The summed E-state index contributed by atoms with van der Waals surface area (Å²) >= 11 is 6.05. The van der Waals surface area contributed by atoms with Crippen molar-refractivity contribution in [2.24, 2.45) is 0 Å². The summed E-state index contributed by atoms with van der Waals surface area (Å²) < 4.78 is 15.5. The molecule has 0 saturated carbocycles. The molecular weight excluding hydrogens is 306 g/mol. The molecule has 0 bridgehead atoms. The van der Waals surface area contributed by atoms with E-state index in [4.69, 9.17) is 25.8 Å². The molecule has 1 N–H and O–H groups in total. The first-order valence-electron chi connectivity index (χ1n) is 6.46. The van der Waals surface area contributed by atoms with Crippen LogP contribution in [0.25, 0.3) is 0 Å². The van der Waals surface area contributed by atoms with Gasteiger partial charge < -0.3 is 19.5 Å². The summed E-state index contributed by atoms with van der Waals surface area (Å²) in [5.74, 6) is 1.04. The van der Waals surface area contributed by atoms with Crippen LogP contribution in [0.2, 0.25) is 5.02 Å². The number of carbonyl (C=O) groups is 1. The van der Waals surface area contributed by atoms with Gasteiger partial charge in [0.2, 0.25) is 0 Å². The first kappa shape index (κ1) is 16.0. The van der Waals surface area contributed by atoms with Gasteiger partial charge >= 0.3 is 0 Å². The minimum absolute atomic E-state index is 0.319. The molecule has 22 heavy (non-hydrogen) atoms. The summed E-state index contributed by atoms with van der Waals surface area (Å²) in [6, 6.07) is 10.1. The van der Waals surface area contributed by atoms with E-state index in [0.29, 0.717) is 33.5 Å². The van der Waals surface area contributed by atoms with Crippen LogP contribution in [-0.2, 0) is 0 Å². The number of ether oxygens (including phenoxy) is 3. The molecule has 2 rings (SSSR count). The molecule has 2 aromatic rings. The molecule has 0 heterocycles. The zero-order valence-electron chi connectivity index (χ0n) is 12.5. The molecule has 2 aromatic carbocycles. The highest BCUT2D eigenvalue weighted by molar-refractivity contribution is 6.32. The number of benzene rings is 2. The van der Waals surface area contributed by atoms with Crippen LogP contribution >= 0.6 is 11.6 Å². The number of nitrogens with one attached hydrogen (secondary N) is 1. The first-order valence-corrected chi connectivity index (χ1v) is 6.84. The van der Waals surface area contributed by atoms with Gasteiger partial charge in [0.15, 0.2) is 0 Å². The summed E-state index contributed by atoms with van der Waals surface area (Å²) in [7, 11) is 4.52. The van der Waals surface area contributed by atoms with Crippen molar-refractivity contribution in [2.45, 2.75) is 0 Å². The van der Waals surface area contributed by atoms with Crippen molar-refractivity contribution in [3.63, 3.8) is 0 Å². The monoisotopic (exact) mass is 321 g/mol. The van der Waals surface area contributed by atoms with Crippen molar-refractivity contribution < 1.29 is 19.0 Å². The standard InChI is InChI=1S/C16H16ClNO4/c1-20-12-8-7-10(9-11(12)17)18-16(19)15-13(21-2)5-4-6-14(15)22-3/h4-9H,1-3H3,(H,18,19). The van der Waals surface area contributed by atoms with Crippen LogP contribution in [0, 0.1) is 0 Å². The third kappa shape index (κ3) is 3.26. The predicted molar refractivity (Wildman–Crippen MR) is 85.5 cm³/mol. The number of hydrogen-bond donors (Lipinski definition) is 1. The van der Waals surface area contributed by atoms with Gasteiger partial charge in [-0.15, -0.1) is 0 Å². The maximum absolute atomic E-state index is 12.5. The van der Waals surface area contributed by atoms with Crippen LogP contribution in [-0.4, -0.2) is 27.2 Å². The minimum atomic E-state index is -0.351. The van der Waals surface area contributed by atoms with Crippen LogP contribution in [0.1, 0.15) is 10.4 Å². The van der Waals surface area contributed by atoms with Crippen molar-refractivity contribution in [3.05, 3.63) is 47.0 Å². The Balaban J connectivity index is 2.31. The quantitative estimate of drug-likeness (QED) is 0.914. The van der Waals surface area contributed by atoms with Crippen molar-refractivity contribution in [3.8, 4) is 17.2 Å². The second-order valence-corrected chi connectivity index (χ2v) is 4.75. The second-order valence-electron chi connectivity index (χ2n) is 4.34. The van der Waals surface area contributed by atoms with Gasteiger partial charge in [0.1, 0.15) is 22.8 Å². The average Bonchev–Trinajstić information content (AvgIpc) is 2.54. The molecular formula is C16H16ClNO4. The summed E-state index contributed by atoms with van der Waals surface area (Å²) in [4.78, 5) is 12.5. The first-order chi connectivity index (χ1) is 10.6. The van der Waals surface area contributed by atoms with E-state index in [-0.39, 0.29) is 5.91 Å². The molecule has 0 aromatic heterocycles. The van der Waals surface area contributed by atoms with Crippen molar-refractivity contribution in [2.75, 3.05) is 26.6 Å². The van der Waals surface area contributed by atoms with Crippen LogP contribution in [0.5, 0.6) is 17.2 Å². The van der Waals surface area contributed by atoms with E-state index in [0.717, 1.165) is 0 Å². The van der Waals surface area contributed by atoms with Crippen LogP contribution in [0.4, 0.5) is 5.69 Å². The molecule has 0 radical (unpaired) electrons. The lowest BCUT2D eigenvalue weighted by Crippen LogP contribution is -2.14. The van der Waals surface area contributed by atoms with E-state index in [1.807, 2.05) is 0 Å². The van der Waals surface area contributed by atoms with Gasteiger partial charge in [-0.3, -0.25) is 4.79 Å². The number of methoxy groups -OCH3 is 3. The molecule has 1 amide bonds. The summed E-state index contributed by atoms with van der Waals surface area (Å²) in [5, 5.41) is 3.17. The second kappa shape index (κ2) is 7.04. The molecule has 5 nitrogen and oxygen atoms in total. The third-order valence-electron chi connectivity index (χ3n) is 3.06. The molecule has 0 spiro atoms. The Kier molecular flexibility index (Phi) is 5.12. The fourth-order valence-electron chi connectivity index (χ4n) is 2.01. The maximum atomic E-state index is 12.5. The zero-order valence-corrected chi connectivity index (χ0v) is 13.2. The minimum Gasteiger partial charge on any atom is -0.496 e. The lowest BCUT2D eigenvalue weighted by molar-refractivity contribution is 0.102. The lowest BCUT2D eigenvalue weighted by Gasteiger charge is -2.13. The largest absolute Gasteiger partial charge is 0.496 e. The SMILES string of the molecule is COc1ccc(NC(=O)c2c(OC)cccc2OC)cc1Cl. The molecule has 6 heteroatoms. The third-order valence-corrected chi connectivity index (χ3v) is 3.36.